The maximum absolute atomic E-state index is 4.65. The van der Waals surface area contributed by atoms with Gasteiger partial charge in [0.05, 0.1) is 17.1 Å². The number of hydrogen-bond donors (Lipinski definition) is 2. The van der Waals surface area contributed by atoms with Crippen molar-refractivity contribution in [3.63, 3.8) is 0 Å². The lowest BCUT2D eigenvalue weighted by atomic mass is 10.2. The normalized spacial score (nSPS) is 11.8. The predicted molar refractivity (Wildman–Crippen MR) is 110 cm³/mol. The van der Waals surface area contributed by atoms with Crippen LogP contribution < -0.4 is 10.6 Å². The number of nitrogens with one attached hydrogen (secondary N) is 2. The van der Waals surface area contributed by atoms with Crippen LogP contribution in [0.3, 0.4) is 0 Å². The average molecular weight is 366 g/mol. The van der Waals surface area contributed by atoms with E-state index in [1.165, 1.54) is 4.90 Å². The topological polar surface area (TPSA) is 62.7 Å². The Labute approximate surface area is 158 Å². The highest BCUT2D eigenvalue weighted by Gasteiger charge is 2.11. The number of hydrogen-bond acceptors (Lipinski definition) is 6. The number of para-hydroxylation sites is 1. The predicted octanol–water partition coefficient (Wildman–Crippen LogP) is 5.21. The van der Waals surface area contributed by atoms with Crippen LogP contribution in [-0.4, -0.2) is 27.2 Å². The second-order valence-corrected chi connectivity index (χ2v) is 6.80. The molecule has 0 unspecified atom stereocenters. The van der Waals surface area contributed by atoms with E-state index < -0.39 is 0 Å². The summed E-state index contributed by atoms with van der Waals surface area (Å²) in [4.78, 5) is 14.9. The summed E-state index contributed by atoms with van der Waals surface area (Å²) in [6.07, 6.45) is 4.83. The summed E-state index contributed by atoms with van der Waals surface area (Å²) in [5, 5.41) is 6.79. The lowest BCUT2D eigenvalue weighted by Gasteiger charge is -2.15. The first-order valence-corrected chi connectivity index (χ1v) is 9.89. The molecule has 2 aromatic heterocycles. The number of aromatic nitrogens is 3. The van der Waals surface area contributed by atoms with E-state index in [1.807, 2.05) is 36.4 Å². The molecule has 0 aliphatic rings. The standard InChI is InChI=1S/C20H23N5S/c1-4-14(2)22-20-24-17(15-9-7-8-12-21-15)13-19(25-20)23-16-10-5-6-11-18(16)26-3/h5-14H,4H2,1-3H3,(H2,22,23,24,25)/t14-/m0/s1. The van der Waals surface area contributed by atoms with Crippen molar-refractivity contribution in [3.8, 4) is 11.4 Å². The van der Waals surface area contributed by atoms with E-state index >= 15 is 0 Å². The molecule has 3 rings (SSSR count). The maximum Gasteiger partial charge on any atom is 0.225 e. The molecule has 0 aliphatic carbocycles. The Morgan fingerprint density at radius 2 is 1.85 bits per heavy atom. The van der Waals surface area contributed by atoms with Crippen molar-refractivity contribution in [1.82, 2.24) is 15.0 Å². The number of thioether (sulfide) groups is 1. The third kappa shape index (κ3) is 4.52. The third-order valence-electron chi connectivity index (χ3n) is 4.01. The van der Waals surface area contributed by atoms with E-state index in [0.29, 0.717) is 12.0 Å². The van der Waals surface area contributed by atoms with Gasteiger partial charge in [-0.05, 0) is 43.9 Å². The molecule has 3 aromatic rings. The number of benzene rings is 1. The van der Waals surface area contributed by atoms with Gasteiger partial charge in [-0.25, -0.2) is 4.98 Å². The van der Waals surface area contributed by atoms with E-state index in [2.05, 4.69) is 57.8 Å². The lowest BCUT2D eigenvalue weighted by Crippen LogP contribution is -2.16. The van der Waals surface area contributed by atoms with Crippen LogP contribution in [0.15, 0.2) is 59.6 Å². The van der Waals surface area contributed by atoms with Gasteiger partial charge in [0, 0.05) is 23.2 Å². The van der Waals surface area contributed by atoms with Crippen molar-refractivity contribution in [3.05, 3.63) is 54.7 Å². The van der Waals surface area contributed by atoms with Crippen molar-refractivity contribution in [2.75, 3.05) is 16.9 Å². The second kappa shape index (κ2) is 8.67. The minimum atomic E-state index is 0.292. The molecule has 0 amide bonds. The van der Waals surface area contributed by atoms with E-state index in [1.54, 1.807) is 18.0 Å². The van der Waals surface area contributed by atoms with Gasteiger partial charge in [-0.1, -0.05) is 25.1 Å². The van der Waals surface area contributed by atoms with Crippen LogP contribution in [0.25, 0.3) is 11.4 Å². The summed E-state index contributed by atoms with van der Waals surface area (Å²) < 4.78 is 0. The van der Waals surface area contributed by atoms with Crippen molar-refractivity contribution in [1.29, 1.82) is 0 Å². The minimum Gasteiger partial charge on any atom is -0.352 e. The van der Waals surface area contributed by atoms with E-state index in [-0.39, 0.29) is 0 Å². The molecule has 2 N–H and O–H groups in total. The highest BCUT2D eigenvalue weighted by Crippen LogP contribution is 2.29. The van der Waals surface area contributed by atoms with Crippen molar-refractivity contribution in [2.45, 2.75) is 31.2 Å². The van der Waals surface area contributed by atoms with Gasteiger partial charge in [0.2, 0.25) is 5.95 Å². The molecule has 5 nitrogen and oxygen atoms in total. The van der Waals surface area contributed by atoms with Crippen LogP contribution in [0.4, 0.5) is 17.5 Å². The fourth-order valence-corrected chi connectivity index (χ4v) is 2.98. The molecule has 0 radical (unpaired) electrons. The molecule has 0 fully saturated rings. The summed E-state index contributed by atoms with van der Waals surface area (Å²) in [5.41, 5.74) is 2.64. The number of anilines is 3. The molecule has 0 saturated carbocycles. The van der Waals surface area contributed by atoms with Gasteiger partial charge < -0.3 is 10.6 Å². The molecule has 2 heterocycles. The zero-order valence-corrected chi connectivity index (χ0v) is 16.0. The van der Waals surface area contributed by atoms with Crippen LogP contribution in [0.1, 0.15) is 20.3 Å². The molecule has 0 bridgehead atoms. The average Bonchev–Trinajstić information content (AvgIpc) is 2.69. The molecular formula is C20H23N5S. The Bertz CT molecular complexity index is 854. The van der Waals surface area contributed by atoms with Crippen molar-refractivity contribution in [2.24, 2.45) is 0 Å². The number of pyridine rings is 1. The molecule has 0 aliphatic heterocycles. The first-order valence-electron chi connectivity index (χ1n) is 8.66. The van der Waals surface area contributed by atoms with Gasteiger partial charge in [-0.3, -0.25) is 4.98 Å². The van der Waals surface area contributed by atoms with Crippen LogP contribution in [-0.2, 0) is 0 Å². The van der Waals surface area contributed by atoms with E-state index in [4.69, 9.17) is 0 Å². The Morgan fingerprint density at radius 1 is 1.04 bits per heavy atom. The summed E-state index contributed by atoms with van der Waals surface area (Å²) in [6, 6.07) is 16.2. The summed E-state index contributed by atoms with van der Waals surface area (Å²) in [6.45, 7) is 4.25. The fraction of sp³-hybridized carbons (Fsp3) is 0.250. The first kappa shape index (κ1) is 18.2. The minimum absolute atomic E-state index is 0.292. The maximum atomic E-state index is 4.65. The summed E-state index contributed by atoms with van der Waals surface area (Å²) in [7, 11) is 0. The first-order chi connectivity index (χ1) is 12.7. The monoisotopic (exact) mass is 365 g/mol. The Hall–Kier alpha value is -2.60. The summed E-state index contributed by atoms with van der Waals surface area (Å²) >= 11 is 1.70. The smallest absolute Gasteiger partial charge is 0.225 e. The van der Waals surface area contributed by atoms with Gasteiger partial charge in [0.15, 0.2) is 0 Å². The molecule has 1 atom stereocenters. The quantitative estimate of drug-likeness (QED) is 0.560. The van der Waals surface area contributed by atoms with Crippen LogP contribution in [0, 0.1) is 0 Å². The van der Waals surface area contributed by atoms with Crippen LogP contribution in [0.5, 0.6) is 0 Å². The highest BCUT2D eigenvalue weighted by molar-refractivity contribution is 7.98. The zero-order valence-electron chi connectivity index (χ0n) is 15.2. The highest BCUT2D eigenvalue weighted by atomic mass is 32.2. The molecule has 26 heavy (non-hydrogen) atoms. The fourth-order valence-electron chi connectivity index (χ4n) is 2.43. The lowest BCUT2D eigenvalue weighted by molar-refractivity contribution is 0.753. The second-order valence-electron chi connectivity index (χ2n) is 5.96. The van der Waals surface area contributed by atoms with Gasteiger partial charge in [-0.15, -0.1) is 11.8 Å². The van der Waals surface area contributed by atoms with Crippen LogP contribution >= 0.6 is 11.8 Å². The zero-order chi connectivity index (χ0) is 18.4. The third-order valence-corrected chi connectivity index (χ3v) is 4.81. The molecule has 6 heteroatoms. The van der Waals surface area contributed by atoms with Gasteiger partial charge >= 0.3 is 0 Å². The molecule has 0 saturated heterocycles. The van der Waals surface area contributed by atoms with Gasteiger partial charge in [-0.2, -0.15) is 4.98 Å². The van der Waals surface area contributed by atoms with Gasteiger partial charge in [0.1, 0.15) is 5.82 Å². The van der Waals surface area contributed by atoms with E-state index in [0.717, 1.165) is 29.3 Å². The van der Waals surface area contributed by atoms with Crippen molar-refractivity contribution >= 4 is 29.2 Å². The SMILES string of the molecule is CC[C@H](C)Nc1nc(Nc2ccccc2SC)cc(-c2ccccn2)n1. The Kier molecular flexibility index (Phi) is 6.07. The van der Waals surface area contributed by atoms with E-state index in [9.17, 15) is 0 Å². The molecular weight excluding hydrogens is 342 g/mol. The molecule has 134 valence electrons. The Balaban J connectivity index is 1.99. The molecule has 1 aromatic carbocycles. The largest absolute Gasteiger partial charge is 0.352 e. The Morgan fingerprint density at radius 3 is 2.58 bits per heavy atom. The van der Waals surface area contributed by atoms with Crippen LogP contribution in [0.2, 0.25) is 0 Å². The van der Waals surface area contributed by atoms with Crippen molar-refractivity contribution < 1.29 is 0 Å². The summed E-state index contributed by atoms with van der Waals surface area (Å²) in [5.74, 6) is 1.35. The van der Waals surface area contributed by atoms with Gasteiger partial charge in [0.25, 0.3) is 0 Å². The number of rotatable bonds is 7. The molecule has 0 spiro atoms. The number of nitrogens with zero attached hydrogens (tertiary/aromatic N) is 3.